The van der Waals surface area contributed by atoms with Crippen LogP contribution in [0.25, 0.3) is 0 Å². The van der Waals surface area contributed by atoms with E-state index in [1.54, 1.807) is 4.90 Å². The Balaban J connectivity index is 1.99. The average Bonchev–Trinajstić information content (AvgIpc) is 2.76. The van der Waals surface area contributed by atoms with Crippen LogP contribution in [-0.4, -0.2) is 77.2 Å². The summed E-state index contributed by atoms with van der Waals surface area (Å²) in [7, 11) is 7.58. The Hall–Kier alpha value is -1.40. The second kappa shape index (κ2) is 5.71. The largest absolute Gasteiger partial charge is 0.347 e. The molecule has 1 aromatic rings. The van der Waals surface area contributed by atoms with E-state index in [1.165, 1.54) is 5.56 Å². The summed E-state index contributed by atoms with van der Waals surface area (Å²) in [5.74, 6) is 0.179. The number of hydrogen-bond donors (Lipinski definition) is 0. The van der Waals surface area contributed by atoms with E-state index >= 15 is 0 Å². The predicted molar refractivity (Wildman–Crippen MR) is 73.6 cm³/mol. The van der Waals surface area contributed by atoms with E-state index < -0.39 is 0 Å². The molecule has 1 aliphatic heterocycles. The zero-order valence-electron chi connectivity index (χ0n) is 12.2. The molecule has 1 atom stereocenters. The fourth-order valence-electron chi connectivity index (χ4n) is 2.45. The molecule has 2 rings (SSSR count). The summed E-state index contributed by atoms with van der Waals surface area (Å²) in [6.45, 7) is 3.55. The number of piperazine rings is 1. The van der Waals surface area contributed by atoms with Crippen molar-refractivity contribution >= 4 is 5.91 Å². The first-order valence-electron chi connectivity index (χ1n) is 6.58. The average molecular weight is 265 g/mol. The van der Waals surface area contributed by atoms with Gasteiger partial charge in [-0.1, -0.05) is 0 Å². The summed E-state index contributed by atoms with van der Waals surface area (Å²) < 4.78 is 1.81. The number of rotatable bonds is 3. The number of aromatic nitrogens is 2. The first-order chi connectivity index (χ1) is 8.97. The van der Waals surface area contributed by atoms with Crippen LogP contribution in [0.2, 0.25) is 0 Å². The number of nitrogens with zero attached hydrogens (tertiary/aromatic N) is 5. The van der Waals surface area contributed by atoms with Crippen molar-refractivity contribution in [2.75, 3.05) is 40.8 Å². The molecule has 0 bridgehead atoms. The SMILES string of the molecule is CN(C)C(=O)[C@@H]1CN(Cc2cnn(C)c2)CCN1C. The Kier molecular flexibility index (Phi) is 4.21. The van der Waals surface area contributed by atoms with E-state index in [4.69, 9.17) is 0 Å². The molecule has 6 nitrogen and oxygen atoms in total. The number of carbonyl (C=O) groups is 1. The summed E-state index contributed by atoms with van der Waals surface area (Å²) in [6.07, 6.45) is 3.92. The lowest BCUT2D eigenvalue weighted by Gasteiger charge is -2.39. The van der Waals surface area contributed by atoms with Gasteiger partial charge in [-0.15, -0.1) is 0 Å². The molecule has 106 valence electrons. The van der Waals surface area contributed by atoms with Crippen molar-refractivity contribution < 1.29 is 4.79 Å². The van der Waals surface area contributed by atoms with E-state index in [2.05, 4.69) is 14.9 Å². The first kappa shape index (κ1) is 14.0. The van der Waals surface area contributed by atoms with E-state index in [-0.39, 0.29) is 11.9 Å². The van der Waals surface area contributed by atoms with Gasteiger partial charge >= 0.3 is 0 Å². The van der Waals surface area contributed by atoms with Crippen LogP contribution in [-0.2, 0) is 18.4 Å². The van der Waals surface area contributed by atoms with Crippen LogP contribution in [0.4, 0.5) is 0 Å². The highest BCUT2D eigenvalue weighted by atomic mass is 16.2. The zero-order chi connectivity index (χ0) is 14.0. The topological polar surface area (TPSA) is 44.6 Å². The van der Waals surface area contributed by atoms with Crippen LogP contribution in [0.15, 0.2) is 12.4 Å². The lowest BCUT2D eigenvalue weighted by molar-refractivity contribution is -0.136. The highest BCUT2D eigenvalue weighted by molar-refractivity contribution is 5.81. The summed E-state index contributed by atoms with van der Waals surface area (Å²) >= 11 is 0. The van der Waals surface area contributed by atoms with Crippen molar-refractivity contribution in [2.24, 2.45) is 7.05 Å². The molecule has 0 spiro atoms. The monoisotopic (exact) mass is 265 g/mol. The Labute approximate surface area is 114 Å². The van der Waals surface area contributed by atoms with Gasteiger partial charge in [0.2, 0.25) is 5.91 Å². The van der Waals surface area contributed by atoms with Crippen LogP contribution in [0.3, 0.4) is 0 Å². The van der Waals surface area contributed by atoms with Crippen molar-refractivity contribution in [3.63, 3.8) is 0 Å². The highest BCUT2D eigenvalue weighted by Gasteiger charge is 2.30. The van der Waals surface area contributed by atoms with Gasteiger partial charge in [-0.05, 0) is 7.05 Å². The lowest BCUT2D eigenvalue weighted by Crippen LogP contribution is -2.57. The summed E-state index contributed by atoms with van der Waals surface area (Å²) in [6, 6.07) is -0.0413. The normalized spacial score (nSPS) is 21.6. The van der Waals surface area contributed by atoms with E-state index in [0.717, 1.165) is 26.2 Å². The smallest absolute Gasteiger partial charge is 0.240 e. The van der Waals surface area contributed by atoms with Gasteiger partial charge in [0.1, 0.15) is 6.04 Å². The van der Waals surface area contributed by atoms with E-state index in [9.17, 15) is 4.79 Å². The van der Waals surface area contributed by atoms with Gasteiger partial charge in [0.05, 0.1) is 6.20 Å². The molecular weight excluding hydrogens is 242 g/mol. The number of likely N-dealkylation sites (N-methyl/N-ethyl adjacent to an activating group) is 2. The fraction of sp³-hybridized carbons (Fsp3) is 0.692. The molecule has 1 aliphatic rings. The molecule has 0 unspecified atom stereocenters. The van der Waals surface area contributed by atoms with Gasteiger partial charge in [0.15, 0.2) is 0 Å². The molecule has 0 N–H and O–H groups in total. The molecule has 1 fully saturated rings. The standard InChI is InChI=1S/C13H23N5O/c1-15(2)13(19)12-10-18(6-5-16(12)3)9-11-7-14-17(4)8-11/h7-8,12H,5-6,9-10H2,1-4H3/t12-/m0/s1. The Morgan fingerprint density at radius 1 is 1.42 bits per heavy atom. The third-order valence-corrected chi connectivity index (χ3v) is 3.62. The molecule has 1 aromatic heterocycles. The molecule has 0 aliphatic carbocycles. The molecule has 0 saturated carbocycles. The quantitative estimate of drug-likeness (QED) is 0.748. The van der Waals surface area contributed by atoms with Gasteiger partial charge in [0.25, 0.3) is 0 Å². The molecule has 19 heavy (non-hydrogen) atoms. The second-order valence-electron chi connectivity index (χ2n) is 5.49. The predicted octanol–water partition coefficient (Wildman–Crippen LogP) is -0.376. The maximum Gasteiger partial charge on any atom is 0.240 e. The highest BCUT2D eigenvalue weighted by Crippen LogP contribution is 2.12. The minimum atomic E-state index is -0.0413. The Morgan fingerprint density at radius 3 is 2.74 bits per heavy atom. The molecule has 0 radical (unpaired) electrons. The maximum absolute atomic E-state index is 12.2. The van der Waals surface area contributed by atoms with Crippen molar-refractivity contribution in [2.45, 2.75) is 12.6 Å². The first-order valence-corrected chi connectivity index (χ1v) is 6.58. The third kappa shape index (κ3) is 3.33. The van der Waals surface area contributed by atoms with Crippen LogP contribution >= 0.6 is 0 Å². The van der Waals surface area contributed by atoms with Crippen LogP contribution in [0, 0.1) is 0 Å². The van der Waals surface area contributed by atoms with Crippen molar-refractivity contribution in [3.05, 3.63) is 18.0 Å². The second-order valence-corrected chi connectivity index (χ2v) is 5.49. The summed E-state index contributed by atoms with van der Waals surface area (Å²) in [4.78, 5) is 18.3. The third-order valence-electron chi connectivity index (χ3n) is 3.62. The maximum atomic E-state index is 12.2. The van der Waals surface area contributed by atoms with E-state index in [0.29, 0.717) is 0 Å². The minimum absolute atomic E-state index is 0.0413. The Morgan fingerprint density at radius 2 is 2.16 bits per heavy atom. The number of aryl methyl sites for hydroxylation is 1. The molecular formula is C13H23N5O. The fourth-order valence-corrected chi connectivity index (χ4v) is 2.45. The summed E-state index contributed by atoms with van der Waals surface area (Å²) in [5, 5.41) is 4.18. The molecule has 1 amide bonds. The molecule has 2 heterocycles. The number of hydrogen-bond acceptors (Lipinski definition) is 4. The molecule has 6 heteroatoms. The van der Waals surface area contributed by atoms with Crippen molar-refractivity contribution in [3.8, 4) is 0 Å². The Bertz CT molecular complexity index is 442. The van der Waals surface area contributed by atoms with Gasteiger partial charge in [-0.3, -0.25) is 19.3 Å². The molecule has 0 aromatic carbocycles. The van der Waals surface area contributed by atoms with E-state index in [1.807, 2.05) is 45.3 Å². The van der Waals surface area contributed by atoms with Gasteiger partial charge in [-0.25, -0.2) is 0 Å². The minimum Gasteiger partial charge on any atom is -0.347 e. The van der Waals surface area contributed by atoms with Crippen LogP contribution in [0.5, 0.6) is 0 Å². The van der Waals surface area contributed by atoms with Gasteiger partial charge < -0.3 is 4.90 Å². The number of amides is 1. The lowest BCUT2D eigenvalue weighted by atomic mass is 10.1. The summed E-state index contributed by atoms with van der Waals surface area (Å²) in [5.41, 5.74) is 1.20. The van der Waals surface area contributed by atoms with Crippen LogP contribution in [0.1, 0.15) is 5.56 Å². The van der Waals surface area contributed by atoms with Gasteiger partial charge in [-0.2, -0.15) is 5.10 Å². The van der Waals surface area contributed by atoms with Gasteiger partial charge in [0, 0.05) is 59.1 Å². The zero-order valence-corrected chi connectivity index (χ0v) is 12.2. The van der Waals surface area contributed by atoms with Crippen LogP contribution < -0.4 is 0 Å². The number of carbonyl (C=O) groups excluding carboxylic acids is 1. The molecule has 1 saturated heterocycles. The van der Waals surface area contributed by atoms with Crippen molar-refractivity contribution in [1.29, 1.82) is 0 Å². The van der Waals surface area contributed by atoms with Crippen molar-refractivity contribution in [1.82, 2.24) is 24.5 Å².